The second-order valence-corrected chi connectivity index (χ2v) is 8.79. The molecule has 5 nitrogen and oxygen atoms in total. The number of benzene rings is 1. The van der Waals surface area contributed by atoms with E-state index >= 15 is 0 Å². The molecular formula is C21H32CuN2O3S. The molecule has 0 saturated heterocycles. The van der Waals surface area contributed by atoms with Crippen molar-refractivity contribution in [3.05, 3.63) is 42.5 Å². The number of H-pyrrole nitrogens is 1. The van der Waals surface area contributed by atoms with Crippen LogP contribution in [0.15, 0.2) is 36.9 Å². The fourth-order valence-corrected chi connectivity index (χ4v) is 4.20. The van der Waals surface area contributed by atoms with E-state index in [0.717, 1.165) is 30.1 Å². The summed E-state index contributed by atoms with van der Waals surface area (Å²) in [5.74, 6) is 2.45. The largest absolute Gasteiger partial charge is 0.454 e. The number of aromatic amines is 1. The molecule has 3 rings (SSSR count). The first kappa shape index (κ1) is 24.7. The summed E-state index contributed by atoms with van der Waals surface area (Å²) in [6.45, 7) is 4.61. The molecule has 1 N–H and O–H groups in total. The predicted octanol–water partition coefficient (Wildman–Crippen LogP) is 4.86. The van der Waals surface area contributed by atoms with Gasteiger partial charge < -0.3 is 14.5 Å². The van der Waals surface area contributed by atoms with E-state index in [2.05, 4.69) is 23.8 Å². The van der Waals surface area contributed by atoms with Crippen molar-refractivity contribution in [3.8, 4) is 11.5 Å². The van der Waals surface area contributed by atoms with Crippen LogP contribution >= 0.6 is 0 Å². The molecule has 0 fully saturated rings. The van der Waals surface area contributed by atoms with Gasteiger partial charge >= 0.3 is 0 Å². The van der Waals surface area contributed by atoms with E-state index in [1.165, 1.54) is 37.7 Å². The maximum atomic E-state index is 12.3. The van der Waals surface area contributed by atoms with E-state index < -0.39 is 10.8 Å². The van der Waals surface area contributed by atoms with Crippen LogP contribution in [0.3, 0.4) is 0 Å². The fourth-order valence-electron chi connectivity index (χ4n) is 2.93. The fraction of sp³-hybridized carbons (Fsp3) is 0.571. The van der Waals surface area contributed by atoms with Gasteiger partial charge in [-0.3, -0.25) is 4.21 Å². The number of hydrogen-bond donors (Lipinski definition) is 1. The van der Waals surface area contributed by atoms with E-state index in [9.17, 15) is 4.21 Å². The first-order chi connectivity index (χ1) is 13.2. The molecule has 0 saturated carbocycles. The maximum absolute atomic E-state index is 12.3. The van der Waals surface area contributed by atoms with E-state index in [1.807, 2.05) is 18.2 Å². The third-order valence-corrected chi connectivity index (χ3v) is 6.27. The number of aromatic nitrogens is 2. The molecule has 1 radical (unpaired) electrons. The van der Waals surface area contributed by atoms with Crippen molar-refractivity contribution in [1.82, 2.24) is 9.97 Å². The van der Waals surface area contributed by atoms with Crippen LogP contribution in [-0.4, -0.2) is 32.0 Å². The van der Waals surface area contributed by atoms with Crippen molar-refractivity contribution in [2.45, 2.75) is 64.0 Å². The Kier molecular flexibility index (Phi) is 13.0. The van der Waals surface area contributed by atoms with E-state index in [-0.39, 0.29) is 22.3 Å². The monoisotopic (exact) mass is 455 g/mol. The van der Waals surface area contributed by atoms with Gasteiger partial charge in [-0.25, -0.2) is 4.98 Å². The Morgan fingerprint density at radius 3 is 2.57 bits per heavy atom. The van der Waals surface area contributed by atoms with Crippen molar-refractivity contribution >= 4 is 10.8 Å². The number of ether oxygens (including phenoxy) is 2. The Morgan fingerprint density at radius 2 is 1.89 bits per heavy atom. The van der Waals surface area contributed by atoms with Crippen LogP contribution in [0.2, 0.25) is 0 Å². The van der Waals surface area contributed by atoms with Crippen molar-refractivity contribution in [1.29, 1.82) is 0 Å². The van der Waals surface area contributed by atoms with Crippen LogP contribution < -0.4 is 9.47 Å². The standard InChI is InChI=1S/C18H28O3S.C3H4N2.Cu/c1-3-4-5-6-7-8-11-22(19)15(2)12-16-9-10-17-18(13-16)21-14-20-17;1-2-5-3-4-1;/h9-10,13,15H,3-8,11-12,14H2,1-2H3;1-3H,(H,4,5);. The first-order valence-electron chi connectivity index (χ1n) is 9.89. The Morgan fingerprint density at radius 1 is 1.14 bits per heavy atom. The summed E-state index contributed by atoms with van der Waals surface area (Å²) in [4.78, 5) is 6.42. The Balaban J connectivity index is 0.000000567. The molecule has 0 aliphatic carbocycles. The zero-order valence-electron chi connectivity index (χ0n) is 16.8. The number of nitrogens with one attached hydrogen (secondary N) is 1. The quantitative estimate of drug-likeness (QED) is 0.410. The number of unbranched alkanes of at least 4 members (excludes halogenated alkanes) is 5. The summed E-state index contributed by atoms with van der Waals surface area (Å²) in [7, 11) is -0.743. The number of fused-ring (bicyclic) bond motifs is 1. The van der Waals surface area contributed by atoms with Gasteiger partial charge in [0, 0.05) is 51.3 Å². The third-order valence-electron chi connectivity index (χ3n) is 4.51. The predicted molar refractivity (Wildman–Crippen MR) is 111 cm³/mol. The Bertz CT molecular complexity index is 650. The van der Waals surface area contributed by atoms with Gasteiger partial charge in [0.1, 0.15) is 0 Å². The van der Waals surface area contributed by atoms with Gasteiger partial charge in [0.15, 0.2) is 11.5 Å². The molecule has 2 aromatic rings. The summed E-state index contributed by atoms with van der Waals surface area (Å²) in [6.07, 6.45) is 13.4. The first-order valence-corrected chi connectivity index (χ1v) is 11.3. The minimum Gasteiger partial charge on any atom is -0.454 e. The molecule has 0 spiro atoms. The molecule has 1 aliphatic heterocycles. The van der Waals surface area contributed by atoms with Gasteiger partial charge in [-0.1, -0.05) is 52.0 Å². The average Bonchev–Trinajstić information content (AvgIpc) is 3.38. The summed E-state index contributed by atoms with van der Waals surface area (Å²) in [6, 6.07) is 6.01. The normalized spacial score (nSPS) is 13.8. The van der Waals surface area contributed by atoms with Gasteiger partial charge in [0.2, 0.25) is 6.79 Å². The van der Waals surface area contributed by atoms with Crippen LogP contribution in [0.5, 0.6) is 11.5 Å². The van der Waals surface area contributed by atoms with Gasteiger partial charge in [-0.05, 0) is 30.5 Å². The molecule has 7 heteroatoms. The molecule has 2 unspecified atom stereocenters. The maximum Gasteiger partial charge on any atom is 0.231 e. The minimum absolute atomic E-state index is 0. The minimum atomic E-state index is -0.743. The van der Waals surface area contributed by atoms with Crippen LogP contribution in [0.25, 0.3) is 0 Å². The summed E-state index contributed by atoms with van der Waals surface area (Å²) in [5.41, 5.74) is 1.17. The van der Waals surface area contributed by atoms with Crippen LogP contribution in [0.4, 0.5) is 0 Å². The summed E-state index contributed by atoms with van der Waals surface area (Å²) < 4.78 is 23.0. The van der Waals surface area contributed by atoms with Gasteiger partial charge in [-0.2, -0.15) is 0 Å². The van der Waals surface area contributed by atoms with E-state index in [1.54, 1.807) is 18.7 Å². The molecule has 1 aliphatic rings. The molecule has 28 heavy (non-hydrogen) atoms. The van der Waals surface area contributed by atoms with Crippen molar-refractivity contribution in [3.63, 3.8) is 0 Å². The smallest absolute Gasteiger partial charge is 0.231 e. The van der Waals surface area contributed by atoms with E-state index in [4.69, 9.17) is 9.47 Å². The molecule has 0 amide bonds. The Labute approximate surface area is 181 Å². The molecular weight excluding hydrogens is 424 g/mol. The van der Waals surface area contributed by atoms with Crippen LogP contribution in [0.1, 0.15) is 57.9 Å². The second kappa shape index (κ2) is 14.7. The number of imidazole rings is 1. The third kappa shape index (κ3) is 9.26. The van der Waals surface area contributed by atoms with Crippen molar-refractivity contribution < 1.29 is 30.8 Å². The molecule has 1 aromatic heterocycles. The van der Waals surface area contributed by atoms with E-state index in [0.29, 0.717) is 6.79 Å². The molecule has 2 heterocycles. The number of nitrogens with zero attached hydrogens (tertiary/aromatic N) is 1. The van der Waals surface area contributed by atoms with Gasteiger partial charge in [0.05, 0.1) is 6.33 Å². The SMILES string of the molecule is CCCCCCCCS(=O)C(C)Cc1ccc2c(c1)OCO2.[Cu].c1c[nH]cn1. The van der Waals surface area contributed by atoms with Gasteiger partial charge in [-0.15, -0.1) is 0 Å². The molecule has 0 bridgehead atoms. The summed E-state index contributed by atoms with van der Waals surface area (Å²) in [5, 5.41) is 0.191. The van der Waals surface area contributed by atoms with Gasteiger partial charge in [0.25, 0.3) is 0 Å². The number of rotatable bonds is 10. The van der Waals surface area contributed by atoms with Crippen LogP contribution in [0, 0.1) is 0 Å². The Hall–Kier alpha value is -1.30. The zero-order valence-corrected chi connectivity index (χ0v) is 18.5. The molecule has 2 atom stereocenters. The zero-order chi connectivity index (χ0) is 19.3. The second-order valence-electron chi connectivity index (χ2n) is 6.82. The molecule has 161 valence electrons. The topological polar surface area (TPSA) is 64.2 Å². The van der Waals surface area contributed by atoms with Crippen molar-refractivity contribution in [2.24, 2.45) is 0 Å². The van der Waals surface area contributed by atoms with Crippen LogP contribution in [-0.2, 0) is 34.3 Å². The number of hydrogen-bond acceptors (Lipinski definition) is 4. The molecule has 1 aromatic carbocycles. The van der Waals surface area contributed by atoms with Crippen molar-refractivity contribution in [2.75, 3.05) is 12.5 Å². The average molecular weight is 456 g/mol. The summed E-state index contributed by atoms with van der Waals surface area (Å²) >= 11 is 0.